The van der Waals surface area contributed by atoms with Crippen LogP contribution in [-0.4, -0.2) is 105 Å². The number of esters is 8. The number of carbonyl (C=O) groups excluding carboxylic acids is 8. The van der Waals surface area contributed by atoms with E-state index in [4.69, 9.17) is 42.6 Å². The van der Waals surface area contributed by atoms with Crippen LogP contribution in [0.3, 0.4) is 0 Å². The van der Waals surface area contributed by atoms with Gasteiger partial charge in [-0.25, -0.2) is 19.2 Å². The Morgan fingerprint density at radius 2 is 0.873 bits per heavy atom. The first-order valence-electron chi connectivity index (χ1n) is 17.9. The molecule has 17 heteroatoms. The number of rotatable bonds is 28. The van der Waals surface area contributed by atoms with Crippen molar-refractivity contribution in [3.05, 3.63) is 50.6 Å². The SMILES string of the molecule is C=CC(=O)OCCCCC(=O)O[C@@H]1[C@@H](OC(=O)CCCCOC(=O)C=C)C(C)(OC(=O)CCCCOC(=O)C=C)OC[C@H]1OC(=O)CCCCOC(=O)C=C. The Balaban J connectivity index is 3.21. The van der Waals surface area contributed by atoms with Crippen LogP contribution >= 0.6 is 0 Å². The molecule has 0 spiro atoms. The molecule has 1 unspecified atom stereocenters. The fraction of sp³-hybridized carbons (Fsp3) is 0.579. The van der Waals surface area contributed by atoms with Crippen molar-refractivity contribution in [2.45, 2.75) is 108 Å². The molecule has 1 fully saturated rings. The van der Waals surface area contributed by atoms with Gasteiger partial charge in [-0.1, -0.05) is 26.3 Å². The van der Waals surface area contributed by atoms with E-state index in [9.17, 15) is 38.4 Å². The lowest BCUT2D eigenvalue weighted by Crippen LogP contribution is -2.64. The van der Waals surface area contributed by atoms with Crippen LogP contribution in [-0.2, 0) is 81.0 Å². The topological polar surface area (TPSA) is 220 Å². The molecule has 0 radical (unpaired) electrons. The van der Waals surface area contributed by atoms with Crippen LogP contribution in [0.5, 0.6) is 0 Å². The third-order valence-corrected chi connectivity index (χ3v) is 7.59. The van der Waals surface area contributed by atoms with Crippen molar-refractivity contribution in [2.24, 2.45) is 0 Å². The van der Waals surface area contributed by atoms with Crippen LogP contribution in [0.25, 0.3) is 0 Å². The molecule has 0 bridgehead atoms. The van der Waals surface area contributed by atoms with Crippen molar-refractivity contribution in [3.63, 3.8) is 0 Å². The molecule has 0 aliphatic carbocycles. The maximum Gasteiger partial charge on any atom is 0.330 e. The summed E-state index contributed by atoms with van der Waals surface area (Å²) in [7, 11) is 0. The highest BCUT2D eigenvalue weighted by Crippen LogP contribution is 2.34. The molecule has 17 nitrogen and oxygen atoms in total. The minimum absolute atomic E-state index is 0.00847. The highest BCUT2D eigenvalue weighted by atomic mass is 16.8. The largest absolute Gasteiger partial charge is 0.463 e. The Kier molecular flexibility index (Phi) is 23.7. The van der Waals surface area contributed by atoms with Crippen molar-refractivity contribution >= 4 is 47.8 Å². The molecule has 0 saturated carbocycles. The van der Waals surface area contributed by atoms with Crippen LogP contribution < -0.4 is 0 Å². The minimum Gasteiger partial charge on any atom is -0.463 e. The summed E-state index contributed by atoms with van der Waals surface area (Å²) in [6.07, 6.45) is 1.05. The molecule has 0 aromatic heterocycles. The van der Waals surface area contributed by atoms with E-state index >= 15 is 0 Å². The van der Waals surface area contributed by atoms with E-state index in [2.05, 4.69) is 26.3 Å². The molecule has 0 aromatic carbocycles. The third kappa shape index (κ3) is 20.6. The first kappa shape index (κ1) is 47.7. The summed E-state index contributed by atoms with van der Waals surface area (Å²) in [6, 6.07) is 0. The summed E-state index contributed by atoms with van der Waals surface area (Å²) in [5.41, 5.74) is 0. The number of ether oxygens (including phenoxy) is 9. The zero-order chi connectivity index (χ0) is 41.1. The second-order valence-corrected chi connectivity index (χ2v) is 12.0. The molecule has 1 aliphatic heterocycles. The molecule has 4 atom stereocenters. The van der Waals surface area contributed by atoms with Gasteiger partial charge in [0.25, 0.3) is 5.79 Å². The van der Waals surface area contributed by atoms with E-state index in [1.807, 2.05) is 0 Å². The van der Waals surface area contributed by atoms with Crippen LogP contribution in [0.2, 0.25) is 0 Å². The molecule has 1 heterocycles. The zero-order valence-corrected chi connectivity index (χ0v) is 31.3. The van der Waals surface area contributed by atoms with Crippen molar-refractivity contribution in [3.8, 4) is 0 Å². The lowest BCUT2D eigenvalue weighted by Gasteiger charge is -2.45. The molecular weight excluding hydrogens is 728 g/mol. The van der Waals surface area contributed by atoms with Crippen LogP contribution in [0.4, 0.5) is 0 Å². The molecule has 1 rings (SSSR count). The molecule has 306 valence electrons. The molecule has 1 aliphatic rings. The van der Waals surface area contributed by atoms with Crippen molar-refractivity contribution in [1.29, 1.82) is 0 Å². The van der Waals surface area contributed by atoms with E-state index in [1.54, 1.807) is 0 Å². The predicted molar refractivity (Wildman–Crippen MR) is 190 cm³/mol. The highest BCUT2D eigenvalue weighted by molar-refractivity contribution is 5.82. The lowest BCUT2D eigenvalue weighted by molar-refractivity contribution is -0.323. The van der Waals surface area contributed by atoms with Crippen LogP contribution in [0.15, 0.2) is 50.6 Å². The Labute approximate surface area is 320 Å². The summed E-state index contributed by atoms with van der Waals surface area (Å²) >= 11 is 0. The van der Waals surface area contributed by atoms with Gasteiger partial charge in [0.1, 0.15) is 0 Å². The standard InChI is InChI=1S/C38H52O17/c1-6-28(39)47-22-14-10-18-32(43)52-27-26-51-38(5,55-35(46)21-13-17-25-50-31(42)9-4)37(54-34(45)20-12-16-24-49-30(41)8-3)36(27)53-33(44)19-11-15-23-48-29(40)7-2/h6-9,27,36-37H,1-4,10-26H2,5H3/t27-,36+,37-,38?/m1/s1. The van der Waals surface area contributed by atoms with Crippen molar-refractivity contribution in [2.75, 3.05) is 33.0 Å². The van der Waals surface area contributed by atoms with Gasteiger partial charge in [0.2, 0.25) is 6.10 Å². The Morgan fingerprint density at radius 1 is 0.527 bits per heavy atom. The van der Waals surface area contributed by atoms with E-state index in [-0.39, 0.29) is 84.2 Å². The Hall–Kier alpha value is -5.32. The van der Waals surface area contributed by atoms with Crippen LogP contribution in [0.1, 0.15) is 84.0 Å². The average Bonchev–Trinajstić information content (AvgIpc) is 3.16. The number of unbranched alkanes of at least 4 members (excludes halogenated alkanes) is 4. The van der Waals surface area contributed by atoms with Gasteiger partial charge in [-0.2, -0.15) is 0 Å². The van der Waals surface area contributed by atoms with Gasteiger partial charge in [-0.15, -0.1) is 0 Å². The van der Waals surface area contributed by atoms with E-state index in [1.165, 1.54) is 6.92 Å². The van der Waals surface area contributed by atoms with Gasteiger partial charge >= 0.3 is 47.8 Å². The average molecular weight is 781 g/mol. The van der Waals surface area contributed by atoms with Crippen molar-refractivity contribution in [1.82, 2.24) is 0 Å². The Bertz CT molecular complexity index is 1350. The van der Waals surface area contributed by atoms with E-state index in [0.717, 1.165) is 24.3 Å². The quantitative estimate of drug-likeness (QED) is 0.0479. The number of hydrogen-bond donors (Lipinski definition) is 0. The zero-order valence-electron chi connectivity index (χ0n) is 31.3. The molecule has 0 aromatic rings. The smallest absolute Gasteiger partial charge is 0.330 e. The number of carbonyl (C=O) groups is 8. The second-order valence-electron chi connectivity index (χ2n) is 12.0. The molecular formula is C38H52O17. The van der Waals surface area contributed by atoms with Gasteiger partial charge in [0, 0.05) is 56.9 Å². The maximum atomic E-state index is 13.2. The summed E-state index contributed by atoms with van der Waals surface area (Å²) < 4.78 is 48.4. The van der Waals surface area contributed by atoms with Crippen molar-refractivity contribution < 1.29 is 81.0 Å². The lowest BCUT2D eigenvalue weighted by atomic mass is 9.96. The van der Waals surface area contributed by atoms with E-state index in [0.29, 0.717) is 19.3 Å². The van der Waals surface area contributed by atoms with Gasteiger partial charge in [-0.3, -0.25) is 19.2 Å². The first-order chi connectivity index (χ1) is 26.3. The fourth-order valence-corrected chi connectivity index (χ4v) is 4.75. The highest BCUT2D eigenvalue weighted by Gasteiger charge is 2.56. The first-order valence-corrected chi connectivity index (χ1v) is 17.9. The van der Waals surface area contributed by atoms with E-state index < -0.39 is 78.5 Å². The molecule has 0 amide bonds. The van der Waals surface area contributed by atoms with Gasteiger partial charge < -0.3 is 42.6 Å². The summed E-state index contributed by atoms with van der Waals surface area (Å²) in [5, 5.41) is 0. The minimum atomic E-state index is -2.04. The Morgan fingerprint density at radius 3 is 1.25 bits per heavy atom. The number of hydrogen-bond acceptors (Lipinski definition) is 17. The van der Waals surface area contributed by atoms with Gasteiger partial charge in [0.05, 0.1) is 33.0 Å². The molecule has 0 N–H and O–H groups in total. The predicted octanol–water partition coefficient (Wildman–Crippen LogP) is 3.61. The summed E-state index contributed by atoms with van der Waals surface area (Å²) in [6.45, 7) is 14.2. The maximum absolute atomic E-state index is 13.2. The molecule has 55 heavy (non-hydrogen) atoms. The van der Waals surface area contributed by atoms with Gasteiger partial charge in [0.15, 0.2) is 12.2 Å². The fourth-order valence-electron chi connectivity index (χ4n) is 4.75. The normalized spacial score (nSPS) is 18.6. The third-order valence-electron chi connectivity index (χ3n) is 7.59. The molecule has 1 saturated heterocycles. The summed E-state index contributed by atoms with van der Waals surface area (Å²) in [4.78, 5) is 97.5. The second kappa shape index (κ2) is 27.3. The summed E-state index contributed by atoms with van der Waals surface area (Å²) in [5.74, 6) is -7.64. The monoisotopic (exact) mass is 780 g/mol. The van der Waals surface area contributed by atoms with Crippen LogP contribution in [0, 0.1) is 0 Å². The van der Waals surface area contributed by atoms with Gasteiger partial charge in [-0.05, 0) is 51.4 Å².